The summed E-state index contributed by atoms with van der Waals surface area (Å²) < 4.78 is 9.94. The maximum atomic E-state index is 11.4. The van der Waals surface area contributed by atoms with Gasteiger partial charge in [0.05, 0.1) is 6.10 Å². The molecular formula is C11H21NO4. The third-order valence-corrected chi connectivity index (χ3v) is 1.44. The normalized spacial score (nSPS) is 13.2. The van der Waals surface area contributed by atoms with Crippen molar-refractivity contribution in [1.29, 1.82) is 0 Å². The van der Waals surface area contributed by atoms with Crippen LogP contribution >= 0.6 is 0 Å². The SMILES string of the molecule is CC(C)OC(=O)[C@H](C)NC(=O)OC(C)(C)C. The van der Waals surface area contributed by atoms with Crippen LogP contribution in [0, 0.1) is 0 Å². The van der Waals surface area contributed by atoms with Crippen molar-refractivity contribution in [2.24, 2.45) is 0 Å². The summed E-state index contributed by atoms with van der Waals surface area (Å²) in [6.45, 7) is 10.3. The second-order valence-electron chi connectivity index (χ2n) is 4.85. The Morgan fingerprint density at radius 1 is 1.12 bits per heavy atom. The predicted octanol–water partition coefficient (Wildman–Crippen LogP) is 1.85. The molecule has 0 fully saturated rings. The summed E-state index contributed by atoms with van der Waals surface area (Å²) in [4.78, 5) is 22.7. The van der Waals surface area contributed by atoms with E-state index in [0.717, 1.165) is 0 Å². The Morgan fingerprint density at radius 3 is 2.00 bits per heavy atom. The molecule has 0 radical (unpaired) electrons. The van der Waals surface area contributed by atoms with E-state index in [1.165, 1.54) is 0 Å². The van der Waals surface area contributed by atoms with Gasteiger partial charge in [-0.25, -0.2) is 9.59 Å². The first-order valence-electron chi connectivity index (χ1n) is 5.32. The fraction of sp³-hybridized carbons (Fsp3) is 0.818. The zero-order chi connectivity index (χ0) is 12.9. The third kappa shape index (κ3) is 7.09. The van der Waals surface area contributed by atoms with Crippen molar-refractivity contribution < 1.29 is 19.1 Å². The van der Waals surface area contributed by atoms with E-state index in [-0.39, 0.29) is 6.10 Å². The molecule has 0 saturated heterocycles. The van der Waals surface area contributed by atoms with Crippen LogP contribution in [0.25, 0.3) is 0 Å². The van der Waals surface area contributed by atoms with E-state index in [9.17, 15) is 9.59 Å². The number of ether oxygens (including phenoxy) is 2. The van der Waals surface area contributed by atoms with E-state index in [0.29, 0.717) is 0 Å². The Balaban J connectivity index is 4.09. The first-order chi connectivity index (χ1) is 7.11. The van der Waals surface area contributed by atoms with Gasteiger partial charge in [-0.3, -0.25) is 0 Å². The zero-order valence-corrected chi connectivity index (χ0v) is 10.8. The molecule has 0 heterocycles. The van der Waals surface area contributed by atoms with E-state index in [1.807, 2.05) is 0 Å². The first-order valence-corrected chi connectivity index (χ1v) is 5.32. The Morgan fingerprint density at radius 2 is 1.62 bits per heavy atom. The minimum Gasteiger partial charge on any atom is -0.461 e. The lowest BCUT2D eigenvalue weighted by Gasteiger charge is -2.21. The monoisotopic (exact) mass is 231 g/mol. The van der Waals surface area contributed by atoms with Gasteiger partial charge in [0.2, 0.25) is 0 Å². The second-order valence-corrected chi connectivity index (χ2v) is 4.85. The van der Waals surface area contributed by atoms with Crippen molar-refractivity contribution >= 4 is 12.1 Å². The molecule has 1 atom stereocenters. The van der Waals surface area contributed by atoms with Gasteiger partial charge in [-0.05, 0) is 41.5 Å². The standard InChI is InChI=1S/C11H21NO4/c1-7(2)15-9(13)8(3)12-10(14)16-11(4,5)6/h7-8H,1-6H3,(H,12,14)/t8-/m0/s1. The van der Waals surface area contributed by atoms with Gasteiger partial charge in [0.1, 0.15) is 11.6 Å². The minimum atomic E-state index is -0.711. The molecule has 94 valence electrons. The van der Waals surface area contributed by atoms with E-state index < -0.39 is 23.7 Å². The van der Waals surface area contributed by atoms with Crippen molar-refractivity contribution in [1.82, 2.24) is 5.32 Å². The number of alkyl carbamates (subject to hydrolysis) is 1. The molecule has 0 unspecified atom stereocenters. The molecule has 16 heavy (non-hydrogen) atoms. The maximum Gasteiger partial charge on any atom is 0.408 e. The molecule has 5 heteroatoms. The fourth-order valence-corrected chi connectivity index (χ4v) is 0.878. The largest absolute Gasteiger partial charge is 0.461 e. The van der Waals surface area contributed by atoms with Crippen LogP contribution in [0.2, 0.25) is 0 Å². The second kappa shape index (κ2) is 5.72. The third-order valence-electron chi connectivity index (χ3n) is 1.44. The highest BCUT2D eigenvalue weighted by atomic mass is 16.6. The molecule has 0 bridgehead atoms. The lowest BCUT2D eigenvalue weighted by molar-refractivity contribution is -0.149. The quantitative estimate of drug-likeness (QED) is 0.753. The summed E-state index contributed by atoms with van der Waals surface area (Å²) in [5.41, 5.74) is -0.578. The Kier molecular flexibility index (Phi) is 5.27. The summed E-state index contributed by atoms with van der Waals surface area (Å²) in [6, 6.07) is -0.711. The lowest BCUT2D eigenvalue weighted by Crippen LogP contribution is -2.42. The number of carbonyl (C=O) groups excluding carboxylic acids is 2. The number of nitrogens with one attached hydrogen (secondary N) is 1. The van der Waals surface area contributed by atoms with Gasteiger partial charge < -0.3 is 14.8 Å². The van der Waals surface area contributed by atoms with Crippen LogP contribution in [0.15, 0.2) is 0 Å². The molecule has 1 amide bonds. The van der Waals surface area contributed by atoms with Crippen molar-refractivity contribution in [3.05, 3.63) is 0 Å². The number of hydrogen-bond donors (Lipinski definition) is 1. The van der Waals surface area contributed by atoms with Gasteiger partial charge in [0.15, 0.2) is 0 Å². The summed E-state index contributed by atoms with van der Waals surface area (Å²) in [7, 11) is 0. The van der Waals surface area contributed by atoms with Gasteiger partial charge >= 0.3 is 12.1 Å². The lowest BCUT2D eigenvalue weighted by atomic mass is 10.2. The van der Waals surface area contributed by atoms with Gasteiger partial charge in [-0.15, -0.1) is 0 Å². The maximum absolute atomic E-state index is 11.4. The van der Waals surface area contributed by atoms with Crippen molar-refractivity contribution in [2.45, 2.75) is 59.3 Å². The first kappa shape index (κ1) is 14.7. The van der Waals surface area contributed by atoms with E-state index in [2.05, 4.69) is 5.32 Å². The predicted molar refractivity (Wildman–Crippen MR) is 60.1 cm³/mol. The molecule has 0 rings (SSSR count). The van der Waals surface area contributed by atoms with Crippen molar-refractivity contribution in [3.8, 4) is 0 Å². The number of esters is 1. The molecule has 0 aromatic heterocycles. The highest BCUT2D eigenvalue weighted by Gasteiger charge is 2.22. The van der Waals surface area contributed by atoms with Gasteiger partial charge in [0.25, 0.3) is 0 Å². The van der Waals surface area contributed by atoms with E-state index >= 15 is 0 Å². The molecule has 0 aliphatic rings. The van der Waals surface area contributed by atoms with E-state index in [1.54, 1.807) is 41.5 Å². The van der Waals surface area contributed by atoms with Crippen LogP contribution < -0.4 is 5.32 Å². The van der Waals surface area contributed by atoms with E-state index in [4.69, 9.17) is 9.47 Å². The van der Waals surface area contributed by atoms with Crippen LogP contribution in [0.5, 0.6) is 0 Å². The molecule has 1 N–H and O–H groups in total. The smallest absolute Gasteiger partial charge is 0.408 e. The average molecular weight is 231 g/mol. The number of carbonyl (C=O) groups is 2. The molecule has 0 aromatic rings. The van der Waals surface area contributed by atoms with Gasteiger partial charge in [-0.2, -0.15) is 0 Å². The summed E-state index contributed by atoms with van der Waals surface area (Å²) in [5, 5.41) is 2.41. The molecule has 0 spiro atoms. The Labute approximate surface area is 96.5 Å². The Bertz CT molecular complexity index is 255. The molecule has 5 nitrogen and oxygen atoms in total. The molecule has 0 aliphatic heterocycles. The summed E-state index contributed by atoms with van der Waals surface area (Å²) >= 11 is 0. The fourth-order valence-electron chi connectivity index (χ4n) is 0.878. The van der Waals surface area contributed by atoms with Crippen LogP contribution in [0.1, 0.15) is 41.5 Å². The van der Waals surface area contributed by atoms with Gasteiger partial charge in [-0.1, -0.05) is 0 Å². The van der Waals surface area contributed by atoms with Crippen LogP contribution in [-0.2, 0) is 14.3 Å². The number of hydrogen-bond acceptors (Lipinski definition) is 4. The Hall–Kier alpha value is -1.26. The number of amides is 1. The van der Waals surface area contributed by atoms with Crippen LogP contribution in [0.4, 0.5) is 4.79 Å². The molecule has 0 aliphatic carbocycles. The molecule has 0 aromatic carbocycles. The highest BCUT2D eigenvalue weighted by molar-refractivity contribution is 5.81. The number of rotatable bonds is 3. The summed E-state index contributed by atoms with van der Waals surface area (Å²) in [5.74, 6) is -0.471. The van der Waals surface area contributed by atoms with Crippen molar-refractivity contribution in [2.75, 3.05) is 0 Å². The van der Waals surface area contributed by atoms with Crippen molar-refractivity contribution in [3.63, 3.8) is 0 Å². The molecular weight excluding hydrogens is 210 g/mol. The van der Waals surface area contributed by atoms with Gasteiger partial charge in [0, 0.05) is 0 Å². The van der Waals surface area contributed by atoms with Crippen LogP contribution in [-0.4, -0.2) is 29.8 Å². The van der Waals surface area contributed by atoms with Crippen LogP contribution in [0.3, 0.4) is 0 Å². The molecule has 0 saturated carbocycles. The average Bonchev–Trinajstić information content (AvgIpc) is 1.98. The highest BCUT2D eigenvalue weighted by Crippen LogP contribution is 2.07. The topological polar surface area (TPSA) is 64.6 Å². The minimum absolute atomic E-state index is 0.199. The zero-order valence-electron chi connectivity index (χ0n) is 10.8. The summed E-state index contributed by atoms with van der Waals surface area (Å²) in [6.07, 6.45) is -0.823.